The van der Waals surface area contributed by atoms with Crippen LogP contribution < -0.4 is 10.6 Å². The van der Waals surface area contributed by atoms with Gasteiger partial charge in [0.25, 0.3) is 5.91 Å². The van der Waals surface area contributed by atoms with Gasteiger partial charge >= 0.3 is 0 Å². The van der Waals surface area contributed by atoms with Gasteiger partial charge in [0.15, 0.2) is 11.6 Å². The van der Waals surface area contributed by atoms with Gasteiger partial charge in [0.2, 0.25) is 0 Å². The van der Waals surface area contributed by atoms with Crippen molar-refractivity contribution in [3.05, 3.63) is 29.6 Å². The van der Waals surface area contributed by atoms with E-state index < -0.39 is 11.6 Å². The number of rotatable bonds is 2. The van der Waals surface area contributed by atoms with Gasteiger partial charge in [-0.2, -0.15) is 0 Å². The second-order valence-corrected chi connectivity index (χ2v) is 5.78. The van der Waals surface area contributed by atoms with E-state index in [1.165, 1.54) is 6.07 Å². The van der Waals surface area contributed by atoms with E-state index in [1.54, 1.807) is 0 Å². The molecule has 2 saturated heterocycles. The Kier molecular flexibility index (Phi) is 3.82. The molecule has 1 amide bonds. The fraction of sp³-hybridized carbons (Fsp3) is 0.533. The number of ether oxygens (including phenoxy) is 1. The molecule has 2 aliphatic rings. The molecule has 1 aromatic carbocycles. The predicted molar refractivity (Wildman–Crippen MR) is 74.7 cm³/mol. The summed E-state index contributed by atoms with van der Waals surface area (Å²) in [4.78, 5) is 12.1. The highest BCUT2D eigenvalue weighted by molar-refractivity contribution is 5.94. The summed E-state index contributed by atoms with van der Waals surface area (Å²) in [6, 6.07) is 3.55. The van der Waals surface area contributed by atoms with Crippen LogP contribution in [0.1, 0.15) is 29.6 Å². The molecule has 3 rings (SSSR count). The number of piperidine rings is 1. The molecule has 0 aromatic heterocycles. The van der Waals surface area contributed by atoms with Crippen LogP contribution in [0.3, 0.4) is 0 Å². The fourth-order valence-electron chi connectivity index (χ4n) is 3.09. The first kappa shape index (κ1) is 14.3. The van der Waals surface area contributed by atoms with Crippen molar-refractivity contribution in [3.63, 3.8) is 0 Å². The average Bonchev–Trinajstić information content (AvgIpc) is 2.85. The average molecular weight is 294 g/mol. The Morgan fingerprint density at radius 3 is 2.90 bits per heavy atom. The molecule has 1 spiro atoms. The number of aromatic hydroxyl groups is 1. The maximum absolute atomic E-state index is 13.0. The van der Waals surface area contributed by atoms with Crippen molar-refractivity contribution in [1.82, 2.24) is 10.6 Å². The number of phenolic OH excluding ortho intramolecular Hbond substituents is 1. The monoisotopic (exact) mass is 294 g/mol. The first-order valence-electron chi connectivity index (χ1n) is 7.22. The molecule has 0 saturated carbocycles. The summed E-state index contributed by atoms with van der Waals surface area (Å²) in [5.74, 6) is -1.56. The number of halogens is 1. The van der Waals surface area contributed by atoms with Crippen molar-refractivity contribution in [3.8, 4) is 5.75 Å². The van der Waals surface area contributed by atoms with Gasteiger partial charge in [0.05, 0.1) is 18.2 Å². The lowest BCUT2D eigenvalue weighted by Crippen LogP contribution is -2.43. The summed E-state index contributed by atoms with van der Waals surface area (Å²) in [7, 11) is 0. The summed E-state index contributed by atoms with van der Waals surface area (Å²) in [6.45, 7) is 2.37. The molecule has 0 radical (unpaired) electrons. The third kappa shape index (κ3) is 3.01. The highest BCUT2D eigenvalue weighted by Crippen LogP contribution is 2.34. The number of nitrogens with one attached hydrogen (secondary N) is 2. The van der Waals surface area contributed by atoms with Crippen LogP contribution in [-0.2, 0) is 4.74 Å². The van der Waals surface area contributed by atoms with Crippen LogP contribution in [-0.4, -0.2) is 42.4 Å². The minimum Gasteiger partial charge on any atom is -0.505 e. The Hall–Kier alpha value is -1.66. The van der Waals surface area contributed by atoms with Gasteiger partial charge in [-0.1, -0.05) is 0 Å². The van der Waals surface area contributed by atoms with Crippen molar-refractivity contribution in [1.29, 1.82) is 0 Å². The van der Waals surface area contributed by atoms with E-state index >= 15 is 0 Å². The molecule has 21 heavy (non-hydrogen) atoms. The first-order chi connectivity index (χ1) is 10.1. The van der Waals surface area contributed by atoms with E-state index in [-0.39, 0.29) is 23.1 Å². The number of hydrogen-bond donors (Lipinski definition) is 3. The molecule has 2 heterocycles. The number of benzene rings is 1. The molecule has 0 aliphatic carbocycles. The summed E-state index contributed by atoms with van der Waals surface area (Å²) in [5.41, 5.74) is 0.133. The topological polar surface area (TPSA) is 70.6 Å². The molecule has 2 aliphatic heterocycles. The Morgan fingerprint density at radius 2 is 2.19 bits per heavy atom. The van der Waals surface area contributed by atoms with Crippen LogP contribution >= 0.6 is 0 Å². The normalized spacial score (nSPS) is 24.1. The van der Waals surface area contributed by atoms with Crippen molar-refractivity contribution in [2.45, 2.75) is 30.9 Å². The van der Waals surface area contributed by atoms with Gasteiger partial charge in [-0.05, 0) is 50.6 Å². The number of amides is 1. The largest absolute Gasteiger partial charge is 0.505 e. The van der Waals surface area contributed by atoms with E-state index in [4.69, 9.17) is 4.74 Å². The lowest BCUT2D eigenvalue weighted by atomic mass is 9.88. The van der Waals surface area contributed by atoms with Crippen molar-refractivity contribution in [2.75, 3.05) is 19.7 Å². The van der Waals surface area contributed by atoms with Gasteiger partial charge in [-0.15, -0.1) is 0 Å². The van der Waals surface area contributed by atoms with E-state index in [0.29, 0.717) is 6.61 Å². The minimum atomic E-state index is -0.732. The molecule has 6 heteroatoms. The molecule has 1 atom stereocenters. The van der Waals surface area contributed by atoms with Crippen LogP contribution in [0.5, 0.6) is 5.75 Å². The van der Waals surface area contributed by atoms with Gasteiger partial charge in [0, 0.05) is 5.56 Å². The smallest absolute Gasteiger partial charge is 0.251 e. The van der Waals surface area contributed by atoms with Crippen molar-refractivity contribution >= 4 is 5.91 Å². The Labute approximate surface area is 122 Å². The van der Waals surface area contributed by atoms with Crippen LogP contribution in [0.15, 0.2) is 18.2 Å². The molecular weight excluding hydrogens is 275 g/mol. The summed E-state index contributed by atoms with van der Waals surface area (Å²) in [5, 5.41) is 15.5. The molecule has 3 N–H and O–H groups in total. The van der Waals surface area contributed by atoms with E-state index in [0.717, 1.165) is 44.5 Å². The summed E-state index contributed by atoms with van der Waals surface area (Å²) in [6.07, 6.45) is 2.71. The summed E-state index contributed by atoms with van der Waals surface area (Å²) < 4.78 is 18.9. The van der Waals surface area contributed by atoms with Gasteiger partial charge in [0.1, 0.15) is 0 Å². The maximum Gasteiger partial charge on any atom is 0.251 e. The molecule has 0 bridgehead atoms. The highest BCUT2D eigenvalue weighted by atomic mass is 19.1. The molecule has 5 nitrogen and oxygen atoms in total. The van der Waals surface area contributed by atoms with Crippen molar-refractivity contribution < 1.29 is 19.0 Å². The Morgan fingerprint density at radius 1 is 1.43 bits per heavy atom. The molecular formula is C15H19FN2O3. The number of hydrogen-bond acceptors (Lipinski definition) is 4. The third-order valence-electron chi connectivity index (χ3n) is 4.27. The van der Waals surface area contributed by atoms with E-state index in [1.807, 2.05) is 0 Å². The number of carbonyl (C=O) groups is 1. The van der Waals surface area contributed by atoms with Crippen LogP contribution in [0.4, 0.5) is 4.39 Å². The lowest BCUT2D eigenvalue weighted by Gasteiger charge is -2.32. The number of carbonyl (C=O) groups excluding carboxylic acids is 1. The highest BCUT2D eigenvalue weighted by Gasteiger charge is 2.41. The van der Waals surface area contributed by atoms with Gasteiger partial charge in [-0.3, -0.25) is 4.79 Å². The van der Waals surface area contributed by atoms with Crippen LogP contribution in [0.25, 0.3) is 0 Å². The maximum atomic E-state index is 13.0. The Balaban J connectivity index is 1.61. The quantitative estimate of drug-likeness (QED) is 0.766. The fourth-order valence-corrected chi connectivity index (χ4v) is 3.09. The van der Waals surface area contributed by atoms with E-state index in [9.17, 15) is 14.3 Å². The Bertz CT molecular complexity index is 544. The van der Waals surface area contributed by atoms with Gasteiger partial charge < -0.3 is 20.5 Å². The minimum absolute atomic E-state index is 0.0391. The molecule has 114 valence electrons. The van der Waals surface area contributed by atoms with Crippen LogP contribution in [0, 0.1) is 5.82 Å². The van der Waals surface area contributed by atoms with Crippen LogP contribution in [0.2, 0.25) is 0 Å². The van der Waals surface area contributed by atoms with Crippen molar-refractivity contribution in [2.24, 2.45) is 0 Å². The van der Waals surface area contributed by atoms with E-state index in [2.05, 4.69) is 10.6 Å². The molecule has 2 fully saturated rings. The zero-order chi connectivity index (χ0) is 14.9. The first-order valence-corrected chi connectivity index (χ1v) is 7.22. The molecule has 1 unspecified atom stereocenters. The third-order valence-corrected chi connectivity index (χ3v) is 4.27. The SMILES string of the molecule is O=C(NC1COC2(CCNCC2)C1)c1ccc(F)c(O)c1. The number of phenols is 1. The summed E-state index contributed by atoms with van der Waals surface area (Å²) >= 11 is 0. The standard InChI is InChI=1S/C15H19FN2O3/c16-12-2-1-10(7-13(12)19)14(20)18-11-8-15(21-9-11)3-5-17-6-4-15/h1-2,7,11,17,19H,3-6,8-9H2,(H,18,20). The zero-order valence-electron chi connectivity index (χ0n) is 11.7. The lowest BCUT2D eigenvalue weighted by molar-refractivity contribution is -0.0194. The predicted octanol–water partition coefficient (Wildman–Crippen LogP) is 1.17. The molecule has 1 aromatic rings. The second-order valence-electron chi connectivity index (χ2n) is 5.78. The second kappa shape index (κ2) is 5.61. The zero-order valence-corrected chi connectivity index (χ0v) is 11.7. The van der Waals surface area contributed by atoms with Gasteiger partial charge in [-0.25, -0.2) is 4.39 Å².